The molecule has 1 aromatic carbocycles. The highest BCUT2D eigenvalue weighted by atomic mass is 15.2. The van der Waals surface area contributed by atoms with Gasteiger partial charge in [-0.15, -0.1) is 0 Å². The Balaban J connectivity index is 2.61. The van der Waals surface area contributed by atoms with Gasteiger partial charge in [0.1, 0.15) is 5.82 Å². The predicted molar refractivity (Wildman–Crippen MR) is 85.8 cm³/mol. The maximum atomic E-state index is 9.16. The molecular weight excluding hydrogens is 260 g/mol. The summed E-state index contributed by atoms with van der Waals surface area (Å²) >= 11 is 0. The fourth-order valence-corrected chi connectivity index (χ4v) is 2.95. The Morgan fingerprint density at radius 2 is 1.90 bits per heavy atom. The Morgan fingerprint density at radius 3 is 2.48 bits per heavy atom. The molecule has 1 aromatic heterocycles. The van der Waals surface area contributed by atoms with Crippen molar-refractivity contribution in [2.24, 2.45) is 11.8 Å². The number of imidazole rings is 1. The minimum Gasteiger partial charge on any atom is -0.325 e. The number of fused-ring (bicyclic) bond motifs is 1. The highest BCUT2D eigenvalue weighted by Gasteiger charge is 2.25. The fourth-order valence-electron chi connectivity index (χ4n) is 2.95. The van der Waals surface area contributed by atoms with Crippen LogP contribution in [0, 0.1) is 23.2 Å². The first-order chi connectivity index (χ1) is 9.95. The summed E-state index contributed by atoms with van der Waals surface area (Å²) in [7, 11) is 4.17. The molecule has 0 radical (unpaired) electrons. The zero-order valence-electron chi connectivity index (χ0n) is 13.5. The molecule has 2 rings (SSSR count). The van der Waals surface area contributed by atoms with Gasteiger partial charge in [-0.25, -0.2) is 4.98 Å². The molecule has 112 valence electrons. The van der Waals surface area contributed by atoms with E-state index in [2.05, 4.69) is 49.5 Å². The Bertz CT molecular complexity index is 640. The number of benzene rings is 1. The van der Waals surface area contributed by atoms with E-state index in [1.165, 1.54) is 0 Å². The second-order valence-corrected chi connectivity index (χ2v) is 6.25. The van der Waals surface area contributed by atoms with Crippen LogP contribution in [0.4, 0.5) is 0 Å². The minimum absolute atomic E-state index is 0.0312. The van der Waals surface area contributed by atoms with Crippen molar-refractivity contribution >= 4 is 11.0 Å². The lowest BCUT2D eigenvalue weighted by molar-refractivity contribution is 0.218. The van der Waals surface area contributed by atoms with Gasteiger partial charge in [0.25, 0.3) is 0 Å². The Labute approximate surface area is 127 Å². The van der Waals surface area contributed by atoms with Crippen LogP contribution in [0.2, 0.25) is 0 Å². The maximum Gasteiger partial charge on any atom is 0.127 e. The third kappa shape index (κ3) is 3.08. The van der Waals surface area contributed by atoms with E-state index in [0.717, 1.165) is 16.9 Å². The molecule has 0 saturated heterocycles. The highest BCUT2D eigenvalue weighted by molar-refractivity contribution is 5.76. The molecule has 0 N–H and O–H groups in total. The lowest BCUT2D eigenvalue weighted by Gasteiger charge is -2.28. The molecule has 0 aliphatic carbocycles. The number of nitriles is 1. The number of hydrogen-bond acceptors (Lipinski definition) is 3. The van der Waals surface area contributed by atoms with Crippen LogP contribution in [0.1, 0.15) is 32.6 Å². The van der Waals surface area contributed by atoms with Crippen LogP contribution in [-0.4, -0.2) is 28.5 Å². The second-order valence-electron chi connectivity index (χ2n) is 6.25. The summed E-state index contributed by atoms with van der Waals surface area (Å²) in [5.74, 6) is 1.47. The molecule has 0 saturated carbocycles. The Hall–Kier alpha value is -1.86. The molecule has 2 unspecified atom stereocenters. The first-order valence-electron chi connectivity index (χ1n) is 7.47. The van der Waals surface area contributed by atoms with E-state index >= 15 is 0 Å². The van der Waals surface area contributed by atoms with E-state index in [-0.39, 0.29) is 12.0 Å². The van der Waals surface area contributed by atoms with E-state index < -0.39 is 0 Å². The van der Waals surface area contributed by atoms with E-state index in [1.807, 2.05) is 25.1 Å². The lowest BCUT2D eigenvalue weighted by atomic mass is 10.0. The van der Waals surface area contributed by atoms with Crippen LogP contribution < -0.4 is 0 Å². The van der Waals surface area contributed by atoms with E-state index in [0.29, 0.717) is 12.5 Å². The van der Waals surface area contributed by atoms with Gasteiger partial charge in [0.2, 0.25) is 0 Å². The summed E-state index contributed by atoms with van der Waals surface area (Å²) in [4.78, 5) is 7.06. The standard InChI is InChI=1S/C17H24N4/c1-12(2)16(20(4)5)17-19-14-8-6-7-9-15(14)21(17)11-13(3)10-18/h6-9,12-13,16H,11H2,1-5H3. The summed E-state index contributed by atoms with van der Waals surface area (Å²) < 4.78 is 2.22. The van der Waals surface area contributed by atoms with Gasteiger partial charge in [0.15, 0.2) is 0 Å². The maximum absolute atomic E-state index is 9.16. The summed E-state index contributed by atoms with van der Waals surface area (Å²) in [6, 6.07) is 10.7. The monoisotopic (exact) mass is 284 g/mol. The van der Waals surface area contributed by atoms with Crippen molar-refractivity contribution in [3.8, 4) is 6.07 Å². The highest BCUT2D eigenvalue weighted by Crippen LogP contribution is 2.29. The first kappa shape index (κ1) is 15.5. The van der Waals surface area contributed by atoms with Crippen molar-refractivity contribution in [2.45, 2.75) is 33.4 Å². The number of para-hydroxylation sites is 2. The summed E-state index contributed by atoms with van der Waals surface area (Å²) in [6.45, 7) is 7.06. The zero-order chi connectivity index (χ0) is 15.6. The molecule has 21 heavy (non-hydrogen) atoms. The van der Waals surface area contributed by atoms with Crippen LogP contribution in [-0.2, 0) is 6.54 Å². The third-order valence-corrected chi connectivity index (χ3v) is 3.81. The second kappa shape index (κ2) is 6.28. The molecule has 2 aromatic rings. The number of nitrogens with zero attached hydrogens (tertiary/aromatic N) is 4. The molecule has 4 heteroatoms. The van der Waals surface area contributed by atoms with Crippen molar-refractivity contribution < 1.29 is 0 Å². The average molecular weight is 284 g/mol. The van der Waals surface area contributed by atoms with Crippen LogP contribution in [0.25, 0.3) is 11.0 Å². The van der Waals surface area contributed by atoms with Crippen molar-refractivity contribution in [1.82, 2.24) is 14.5 Å². The minimum atomic E-state index is -0.0312. The molecule has 0 spiro atoms. The van der Waals surface area contributed by atoms with Crippen LogP contribution >= 0.6 is 0 Å². The van der Waals surface area contributed by atoms with Crippen molar-refractivity contribution in [2.75, 3.05) is 14.1 Å². The molecule has 0 aliphatic rings. The van der Waals surface area contributed by atoms with Gasteiger partial charge in [0, 0.05) is 6.54 Å². The van der Waals surface area contributed by atoms with Crippen molar-refractivity contribution in [1.29, 1.82) is 5.26 Å². The van der Waals surface area contributed by atoms with Crippen molar-refractivity contribution in [3.63, 3.8) is 0 Å². The SMILES string of the molecule is CC(C#N)Cn1c(C(C(C)C)N(C)C)nc2ccccc21. The zero-order valence-corrected chi connectivity index (χ0v) is 13.5. The summed E-state index contributed by atoms with van der Waals surface area (Å²) in [5.41, 5.74) is 2.12. The van der Waals surface area contributed by atoms with Crippen molar-refractivity contribution in [3.05, 3.63) is 30.1 Å². The van der Waals surface area contributed by atoms with E-state index in [4.69, 9.17) is 10.2 Å². The largest absolute Gasteiger partial charge is 0.325 e. The van der Waals surface area contributed by atoms with Gasteiger partial charge in [-0.2, -0.15) is 5.26 Å². The smallest absolute Gasteiger partial charge is 0.127 e. The molecule has 4 nitrogen and oxygen atoms in total. The predicted octanol–water partition coefficient (Wildman–Crippen LogP) is 3.45. The van der Waals surface area contributed by atoms with Gasteiger partial charge >= 0.3 is 0 Å². The topological polar surface area (TPSA) is 44.9 Å². The summed E-state index contributed by atoms with van der Waals surface area (Å²) in [6.07, 6.45) is 0. The Morgan fingerprint density at radius 1 is 1.24 bits per heavy atom. The normalized spacial score (nSPS) is 14.6. The van der Waals surface area contributed by atoms with Crippen LogP contribution in [0.3, 0.4) is 0 Å². The Kier molecular flexibility index (Phi) is 4.64. The van der Waals surface area contributed by atoms with Gasteiger partial charge in [-0.3, -0.25) is 4.90 Å². The number of hydrogen-bond donors (Lipinski definition) is 0. The number of rotatable bonds is 5. The van der Waals surface area contributed by atoms with E-state index in [9.17, 15) is 0 Å². The summed E-state index contributed by atoms with van der Waals surface area (Å²) in [5, 5.41) is 9.16. The molecule has 1 heterocycles. The molecule has 2 atom stereocenters. The van der Waals surface area contributed by atoms with Crippen LogP contribution in [0.15, 0.2) is 24.3 Å². The molecule has 0 aliphatic heterocycles. The average Bonchev–Trinajstić information content (AvgIpc) is 2.76. The molecule has 0 fully saturated rings. The fraction of sp³-hybridized carbons (Fsp3) is 0.529. The van der Waals surface area contributed by atoms with Gasteiger partial charge < -0.3 is 4.57 Å². The molecule has 0 bridgehead atoms. The van der Waals surface area contributed by atoms with Gasteiger partial charge in [-0.05, 0) is 39.1 Å². The first-order valence-corrected chi connectivity index (χ1v) is 7.47. The molecule has 0 amide bonds. The van der Waals surface area contributed by atoms with Gasteiger partial charge in [0.05, 0.1) is 29.1 Å². The molecular formula is C17H24N4. The quantitative estimate of drug-likeness (QED) is 0.844. The van der Waals surface area contributed by atoms with Gasteiger partial charge in [-0.1, -0.05) is 26.0 Å². The number of aromatic nitrogens is 2. The lowest BCUT2D eigenvalue weighted by Crippen LogP contribution is -2.28. The van der Waals surface area contributed by atoms with E-state index in [1.54, 1.807) is 0 Å². The van der Waals surface area contributed by atoms with Crippen LogP contribution in [0.5, 0.6) is 0 Å². The third-order valence-electron chi connectivity index (χ3n) is 3.81.